The molecule has 0 unspecified atom stereocenters. The standard InChI is InChI=1S/C40H40N6S2/c1-45(2)21-23-47-33-13-5-27(6-14-33)39-35-17-9-29(41-35)25-31-11-19-37(43-31)40(28-7-15-34(16-8-28)48-24-22-46(3)4)38-20-12-32(44-38)26-30-10-18-36(39)42-30/h5-20,25-26,41,44H,21-24H2,1-4H3. The molecule has 2 aromatic carbocycles. The van der Waals surface area contributed by atoms with Crippen molar-refractivity contribution >= 4 is 69.9 Å². The third-order valence-corrected chi connectivity index (χ3v) is 10.3. The first kappa shape index (κ1) is 32.2. The van der Waals surface area contributed by atoms with Gasteiger partial charge in [-0.3, -0.25) is 0 Å². The molecular formula is C40H40N6S2. The molecule has 0 spiro atoms. The Morgan fingerprint density at radius 2 is 0.938 bits per heavy atom. The van der Waals surface area contributed by atoms with Crippen LogP contribution in [-0.4, -0.2) is 82.5 Å². The van der Waals surface area contributed by atoms with Crippen LogP contribution in [0, 0.1) is 0 Å². The Hall–Kier alpha value is -4.34. The Bertz CT molecular complexity index is 1980. The second-order valence-corrected chi connectivity index (χ2v) is 14.9. The van der Waals surface area contributed by atoms with Crippen molar-refractivity contribution in [2.45, 2.75) is 9.79 Å². The number of nitrogens with zero attached hydrogens (tertiary/aromatic N) is 4. The highest BCUT2D eigenvalue weighted by Gasteiger charge is 2.14. The molecule has 0 saturated heterocycles. The van der Waals surface area contributed by atoms with E-state index in [1.54, 1.807) is 0 Å². The van der Waals surface area contributed by atoms with E-state index in [0.29, 0.717) is 0 Å². The van der Waals surface area contributed by atoms with E-state index in [9.17, 15) is 0 Å². The number of benzene rings is 2. The summed E-state index contributed by atoms with van der Waals surface area (Å²) in [6.07, 6.45) is 8.43. The van der Waals surface area contributed by atoms with Crippen molar-refractivity contribution in [2.75, 3.05) is 52.8 Å². The zero-order valence-corrected chi connectivity index (χ0v) is 29.5. The first-order valence-corrected chi connectivity index (χ1v) is 18.2. The van der Waals surface area contributed by atoms with Crippen LogP contribution in [0.3, 0.4) is 0 Å². The molecule has 0 radical (unpaired) electrons. The molecule has 48 heavy (non-hydrogen) atoms. The Balaban J connectivity index is 1.33. The minimum absolute atomic E-state index is 0.909. The van der Waals surface area contributed by atoms with Crippen LogP contribution in [0.25, 0.3) is 68.6 Å². The Labute approximate surface area is 291 Å². The Kier molecular flexibility index (Phi) is 9.68. The van der Waals surface area contributed by atoms with Crippen LogP contribution in [0.1, 0.15) is 22.8 Å². The van der Waals surface area contributed by atoms with Crippen molar-refractivity contribution in [3.8, 4) is 22.3 Å². The van der Waals surface area contributed by atoms with Crippen LogP contribution in [-0.2, 0) is 0 Å². The molecule has 8 heteroatoms. The zero-order valence-electron chi connectivity index (χ0n) is 27.8. The quantitative estimate of drug-likeness (QED) is 0.142. The monoisotopic (exact) mass is 668 g/mol. The average molecular weight is 669 g/mol. The molecule has 5 aromatic rings. The number of fused-ring (bicyclic) bond motifs is 8. The normalized spacial score (nSPS) is 12.5. The van der Waals surface area contributed by atoms with Crippen LogP contribution in [0.5, 0.6) is 0 Å². The van der Waals surface area contributed by atoms with Gasteiger partial charge in [0.15, 0.2) is 0 Å². The maximum atomic E-state index is 5.11. The number of aromatic nitrogens is 4. The van der Waals surface area contributed by atoms with Gasteiger partial charge in [0.1, 0.15) is 0 Å². The molecule has 7 rings (SSSR count). The predicted octanol–water partition coefficient (Wildman–Crippen LogP) is 9.30. The van der Waals surface area contributed by atoms with Gasteiger partial charge in [-0.2, -0.15) is 0 Å². The zero-order chi connectivity index (χ0) is 33.0. The third kappa shape index (κ3) is 7.53. The minimum atomic E-state index is 0.909. The van der Waals surface area contributed by atoms with E-state index in [-0.39, 0.29) is 0 Å². The lowest BCUT2D eigenvalue weighted by molar-refractivity contribution is 0.437. The summed E-state index contributed by atoms with van der Waals surface area (Å²) in [5.41, 5.74) is 12.1. The van der Waals surface area contributed by atoms with Gasteiger partial charge in [0, 0.05) is 67.6 Å². The average Bonchev–Trinajstić information content (AvgIpc) is 3.89. The lowest BCUT2D eigenvalue weighted by Crippen LogP contribution is -2.14. The van der Waals surface area contributed by atoms with Gasteiger partial charge in [0.05, 0.1) is 22.8 Å². The summed E-state index contributed by atoms with van der Waals surface area (Å²) < 4.78 is 0. The van der Waals surface area contributed by atoms with Gasteiger partial charge < -0.3 is 19.8 Å². The summed E-state index contributed by atoms with van der Waals surface area (Å²) in [6, 6.07) is 30.5. The number of H-pyrrole nitrogens is 2. The molecule has 2 aliphatic rings. The molecule has 5 heterocycles. The molecular weight excluding hydrogens is 629 g/mol. The fourth-order valence-electron chi connectivity index (χ4n) is 5.81. The van der Waals surface area contributed by atoms with Gasteiger partial charge in [-0.1, -0.05) is 24.3 Å². The van der Waals surface area contributed by atoms with Gasteiger partial charge in [0.2, 0.25) is 0 Å². The summed E-state index contributed by atoms with van der Waals surface area (Å²) in [5.74, 6) is 2.12. The smallest absolute Gasteiger partial charge is 0.0736 e. The topological polar surface area (TPSA) is 63.8 Å². The number of thioether (sulfide) groups is 2. The molecule has 0 atom stereocenters. The first-order chi connectivity index (χ1) is 23.4. The van der Waals surface area contributed by atoms with Crippen molar-refractivity contribution in [2.24, 2.45) is 0 Å². The molecule has 0 amide bonds. The fraction of sp³-hybridized carbons (Fsp3) is 0.200. The van der Waals surface area contributed by atoms with E-state index in [2.05, 4.69) is 157 Å². The van der Waals surface area contributed by atoms with Gasteiger partial charge in [-0.15, -0.1) is 23.5 Å². The maximum absolute atomic E-state index is 5.11. The summed E-state index contributed by atoms with van der Waals surface area (Å²) >= 11 is 3.77. The lowest BCUT2D eigenvalue weighted by Gasteiger charge is -2.09. The van der Waals surface area contributed by atoms with Crippen molar-refractivity contribution < 1.29 is 0 Å². The first-order valence-electron chi connectivity index (χ1n) is 16.2. The highest BCUT2D eigenvalue weighted by atomic mass is 32.2. The SMILES string of the molecule is CN(C)CCSc1ccc(-c2c3nc(cc4ccc([nH]4)c(-c4ccc(SCCN(C)C)cc4)c4nc(cc5ccc2[nH]5)C=C4)C=C3)cc1. The summed E-state index contributed by atoms with van der Waals surface area (Å²) in [4.78, 5) is 24.5. The highest BCUT2D eigenvalue weighted by molar-refractivity contribution is 7.99. The Morgan fingerprint density at radius 1 is 0.521 bits per heavy atom. The third-order valence-electron chi connectivity index (χ3n) is 8.30. The van der Waals surface area contributed by atoms with Crippen LogP contribution < -0.4 is 0 Å². The number of aromatic amines is 2. The number of hydrogen-bond donors (Lipinski definition) is 2. The summed E-state index contributed by atoms with van der Waals surface area (Å²) in [6.45, 7) is 2.10. The van der Waals surface area contributed by atoms with Gasteiger partial charge in [-0.25, -0.2) is 9.97 Å². The second-order valence-electron chi connectivity index (χ2n) is 12.6. The van der Waals surface area contributed by atoms with E-state index in [1.165, 1.54) is 9.79 Å². The van der Waals surface area contributed by atoms with Crippen molar-refractivity contribution in [3.63, 3.8) is 0 Å². The van der Waals surface area contributed by atoms with Crippen LogP contribution in [0.2, 0.25) is 0 Å². The largest absolute Gasteiger partial charge is 0.355 e. The number of nitrogens with one attached hydrogen (secondary N) is 2. The molecule has 6 nitrogen and oxygen atoms in total. The van der Waals surface area contributed by atoms with Crippen LogP contribution in [0.15, 0.2) is 94.7 Å². The number of rotatable bonds is 10. The fourth-order valence-corrected chi connectivity index (χ4v) is 7.85. The molecule has 3 aromatic heterocycles. The van der Waals surface area contributed by atoms with Crippen molar-refractivity contribution in [1.82, 2.24) is 29.7 Å². The van der Waals surface area contributed by atoms with Crippen molar-refractivity contribution in [1.29, 1.82) is 0 Å². The van der Waals surface area contributed by atoms with E-state index in [0.717, 1.165) is 91.7 Å². The molecule has 8 bridgehead atoms. The minimum Gasteiger partial charge on any atom is -0.355 e. The van der Waals surface area contributed by atoms with Crippen LogP contribution >= 0.6 is 23.5 Å². The highest BCUT2D eigenvalue weighted by Crippen LogP contribution is 2.34. The van der Waals surface area contributed by atoms with E-state index in [1.807, 2.05) is 23.5 Å². The van der Waals surface area contributed by atoms with E-state index >= 15 is 0 Å². The lowest BCUT2D eigenvalue weighted by atomic mass is 10.0. The maximum Gasteiger partial charge on any atom is 0.0736 e. The molecule has 0 saturated carbocycles. The van der Waals surface area contributed by atoms with Gasteiger partial charge >= 0.3 is 0 Å². The van der Waals surface area contributed by atoms with Gasteiger partial charge in [-0.05, 0) is 124 Å². The summed E-state index contributed by atoms with van der Waals surface area (Å²) in [5, 5.41) is 0. The Morgan fingerprint density at radius 3 is 1.33 bits per heavy atom. The number of hydrogen-bond acceptors (Lipinski definition) is 6. The second kappa shape index (κ2) is 14.4. The van der Waals surface area contributed by atoms with Crippen molar-refractivity contribution in [3.05, 3.63) is 108 Å². The molecule has 0 fully saturated rings. The molecule has 242 valence electrons. The van der Waals surface area contributed by atoms with E-state index in [4.69, 9.17) is 9.97 Å². The molecule has 0 aliphatic carbocycles. The summed E-state index contributed by atoms with van der Waals surface area (Å²) in [7, 11) is 8.45. The van der Waals surface area contributed by atoms with E-state index < -0.39 is 0 Å². The molecule has 2 N–H and O–H groups in total. The van der Waals surface area contributed by atoms with Gasteiger partial charge in [0.25, 0.3) is 0 Å². The molecule has 2 aliphatic heterocycles. The van der Waals surface area contributed by atoms with Crippen LogP contribution in [0.4, 0.5) is 0 Å². The predicted molar refractivity (Wildman–Crippen MR) is 208 cm³/mol.